The van der Waals surface area contributed by atoms with Crippen molar-refractivity contribution in [2.75, 3.05) is 23.7 Å². The minimum Gasteiger partial charge on any atom is -0.453 e. The van der Waals surface area contributed by atoms with E-state index in [-0.39, 0.29) is 4.90 Å². The Morgan fingerprint density at radius 3 is 2.64 bits per heavy atom. The van der Waals surface area contributed by atoms with Crippen LogP contribution in [0.3, 0.4) is 0 Å². The maximum Gasteiger partial charge on any atom is 0.411 e. The molecule has 0 aromatic heterocycles. The number of benzene rings is 2. The number of nitrogens with one attached hydrogen (secondary N) is 3. The standard InChI is InChI=1S/C17H19N3O4S/c1-24-17(21)19-13-5-7-14(8-6-13)25(22,23)20-16-4-2-3-12-11-18-10-9-15(12)16/h2-8,18,20H,9-11H2,1H3,(H,19,21). The second-order valence-corrected chi connectivity index (χ2v) is 7.30. The van der Waals surface area contributed by atoms with Crippen LogP contribution in [-0.2, 0) is 27.7 Å². The fourth-order valence-corrected chi connectivity index (χ4v) is 3.81. The van der Waals surface area contributed by atoms with Crippen LogP contribution in [0.4, 0.5) is 16.2 Å². The van der Waals surface area contributed by atoms with E-state index in [2.05, 4.69) is 20.1 Å². The largest absolute Gasteiger partial charge is 0.453 e. The molecule has 7 nitrogen and oxygen atoms in total. The van der Waals surface area contributed by atoms with Crippen LogP contribution in [0.25, 0.3) is 0 Å². The monoisotopic (exact) mass is 361 g/mol. The van der Waals surface area contributed by atoms with Gasteiger partial charge in [0.15, 0.2) is 0 Å². The van der Waals surface area contributed by atoms with E-state index in [0.717, 1.165) is 30.6 Å². The molecule has 0 saturated heterocycles. The van der Waals surface area contributed by atoms with Gasteiger partial charge in [-0.1, -0.05) is 12.1 Å². The van der Waals surface area contributed by atoms with Crippen molar-refractivity contribution in [3.63, 3.8) is 0 Å². The summed E-state index contributed by atoms with van der Waals surface area (Å²) in [5.41, 5.74) is 3.18. The summed E-state index contributed by atoms with van der Waals surface area (Å²) in [7, 11) is -2.45. The number of hydrogen-bond donors (Lipinski definition) is 3. The van der Waals surface area contributed by atoms with Crippen LogP contribution in [0.2, 0.25) is 0 Å². The van der Waals surface area contributed by atoms with Gasteiger partial charge in [-0.25, -0.2) is 13.2 Å². The normalized spacial score (nSPS) is 13.6. The molecule has 2 aromatic rings. The van der Waals surface area contributed by atoms with E-state index in [9.17, 15) is 13.2 Å². The molecule has 0 aliphatic carbocycles. The maximum absolute atomic E-state index is 12.6. The SMILES string of the molecule is COC(=O)Nc1ccc(S(=O)(=O)Nc2cccc3c2CCNC3)cc1. The second kappa shape index (κ2) is 7.12. The molecule has 1 aliphatic heterocycles. The highest BCUT2D eigenvalue weighted by Crippen LogP contribution is 2.26. The Balaban J connectivity index is 1.82. The lowest BCUT2D eigenvalue weighted by molar-refractivity contribution is 0.187. The molecule has 0 fully saturated rings. The Bertz CT molecular complexity index is 879. The average molecular weight is 361 g/mol. The quantitative estimate of drug-likeness (QED) is 0.777. The van der Waals surface area contributed by atoms with Crippen molar-refractivity contribution < 1.29 is 17.9 Å². The first-order valence-electron chi connectivity index (χ1n) is 7.79. The van der Waals surface area contributed by atoms with Crippen molar-refractivity contribution in [1.29, 1.82) is 0 Å². The number of methoxy groups -OCH3 is 1. The highest BCUT2D eigenvalue weighted by molar-refractivity contribution is 7.92. The summed E-state index contributed by atoms with van der Waals surface area (Å²) in [6.45, 7) is 1.55. The van der Waals surface area contributed by atoms with E-state index in [4.69, 9.17) is 0 Å². The Morgan fingerprint density at radius 2 is 1.92 bits per heavy atom. The molecule has 0 unspecified atom stereocenters. The molecule has 1 amide bonds. The number of rotatable bonds is 4. The van der Waals surface area contributed by atoms with Gasteiger partial charge in [-0.2, -0.15) is 0 Å². The Hall–Kier alpha value is -2.58. The smallest absolute Gasteiger partial charge is 0.411 e. The van der Waals surface area contributed by atoms with Crippen molar-refractivity contribution in [1.82, 2.24) is 5.32 Å². The molecule has 0 radical (unpaired) electrons. The highest BCUT2D eigenvalue weighted by Gasteiger charge is 2.19. The molecule has 0 bridgehead atoms. The number of carbonyl (C=O) groups excluding carboxylic acids is 1. The maximum atomic E-state index is 12.6. The van der Waals surface area contributed by atoms with Crippen LogP contribution < -0.4 is 15.4 Å². The fraction of sp³-hybridized carbons (Fsp3) is 0.235. The Labute approximate surface area is 146 Å². The number of ether oxygens (including phenoxy) is 1. The van der Waals surface area contributed by atoms with Crippen molar-refractivity contribution >= 4 is 27.5 Å². The summed E-state index contributed by atoms with van der Waals surface area (Å²) in [6.07, 6.45) is 0.161. The third kappa shape index (κ3) is 3.92. The van der Waals surface area contributed by atoms with Gasteiger partial charge >= 0.3 is 6.09 Å². The van der Waals surface area contributed by atoms with Crippen LogP contribution in [-0.4, -0.2) is 28.2 Å². The number of fused-ring (bicyclic) bond motifs is 1. The molecule has 1 aliphatic rings. The van der Waals surface area contributed by atoms with Crippen LogP contribution >= 0.6 is 0 Å². The van der Waals surface area contributed by atoms with Crippen molar-refractivity contribution in [3.05, 3.63) is 53.6 Å². The number of sulfonamides is 1. The summed E-state index contributed by atoms with van der Waals surface area (Å²) < 4.78 is 32.4. The third-order valence-electron chi connectivity index (χ3n) is 3.98. The lowest BCUT2D eigenvalue weighted by Crippen LogP contribution is -2.25. The number of hydrogen-bond acceptors (Lipinski definition) is 5. The minimum absolute atomic E-state index is 0.120. The Kier molecular flexibility index (Phi) is 4.91. The van der Waals surface area contributed by atoms with Gasteiger partial charge < -0.3 is 10.1 Å². The number of anilines is 2. The zero-order valence-electron chi connectivity index (χ0n) is 13.7. The van der Waals surface area contributed by atoms with Crippen LogP contribution in [0.1, 0.15) is 11.1 Å². The molecule has 3 N–H and O–H groups in total. The molecule has 8 heteroatoms. The van der Waals surface area contributed by atoms with E-state index in [1.165, 1.54) is 31.4 Å². The van der Waals surface area contributed by atoms with Crippen LogP contribution in [0.5, 0.6) is 0 Å². The average Bonchev–Trinajstić information content (AvgIpc) is 2.62. The van der Waals surface area contributed by atoms with Gasteiger partial charge in [-0.15, -0.1) is 0 Å². The zero-order valence-corrected chi connectivity index (χ0v) is 14.5. The van der Waals surface area contributed by atoms with Gasteiger partial charge in [0, 0.05) is 12.2 Å². The first kappa shape index (κ1) is 17.2. The third-order valence-corrected chi connectivity index (χ3v) is 5.36. The lowest BCUT2D eigenvalue weighted by Gasteiger charge is -2.21. The summed E-state index contributed by atoms with van der Waals surface area (Å²) in [4.78, 5) is 11.3. The van der Waals surface area contributed by atoms with Gasteiger partial charge in [0.05, 0.1) is 17.7 Å². The molecule has 0 spiro atoms. The van der Waals surface area contributed by atoms with E-state index < -0.39 is 16.1 Å². The van der Waals surface area contributed by atoms with Gasteiger partial charge in [-0.3, -0.25) is 10.0 Å². The van der Waals surface area contributed by atoms with Gasteiger partial charge in [-0.05, 0) is 54.4 Å². The highest BCUT2D eigenvalue weighted by atomic mass is 32.2. The molecule has 1 heterocycles. The summed E-state index contributed by atoms with van der Waals surface area (Å²) >= 11 is 0. The molecule has 2 aromatic carbocycles. The summed E-state index contributed by atoms with van der Waals surface area (Å²) in [6, 6.07) is 11.5. The van der Waals surface area contributed by atoms with E-state index in [1.807, 2.05) is 12.1 Å². The molecule has 132 valence electrons. The second-order valence-electron chi connectivity index (χ2n) is 5.62. The molecule has 3 rings (SSSR count). The molecule has 0 saturated carbocycles. The minimum atomic E-state index is -3.71. The zero-order chi connectivity index (χ0) is 17.9. The molecule has 0 atom stereocenters. The Morgan fingerprint density at radius 1 is 1.16 bits per heavy atom. The van der Waals surface area contributed by atoms with Crippen molar-refractivity contribution in [2.24, 2.45) is 0 Å². The van der Waals surface area contributed by atoms with Gasteiger partial charge in [0.1, 0.15) is 0 Å². The van der Waals surface area contributed by atoms with Crippen LogP contribution in [0.15, 0.2) is 47.4 Å². The molecule has 25 heavy (non-hydrogen) atoms. The fourth-order valence-electron chi connectivity index (χ4n) is 2.72. The van der Waals surface area contributed by atoms with E-state index in [0.29, 0.717) is 11.4 Å². The molecular weight excluding hydrogens is 342 g/mol. The molecular formula is C17H19N3O4S. The first-order valence-corrected chi connectivity index (χ1v) is 9.27. The number of amides is 1. The first-order chi connectivity index (χ1) is 12.0. The summed E-state index contributed by atoms with van der Waals surface area (Å²) in [5, 5.41) is 5.74. The van der Waals surface area contributed by atoms with E-state index >= 15 is 0 Å². The van der Waals surface area contributed by atoms with Crippen molar-refractivity contribution in [2.45, 2.75) is 17.9 Å². The topological polar surface area (TPSA) is 96.5 Å². The number of carbonyl (C=O) groups is 1. The van der Waals surface area contributed by atoms with Gasteiger partial charge in [0.25, 0.3) is 10.0 Å². The van der Waals surface area contributed by atoms with Crippen LogP contribution in [0, 0.1) is 0 Å². The van der Waals surface area contributed by atoms with E-state index in [1.54, 1.807) is 6.07 Å². The lowest BCUT2D eigenvalue weighted by atomic mass is 9.99. The van der Waals surface area contributed by atoms with Crippen molar-refractivity contribution in [3.8, 4) is 0 Å². The van der Waals surface area contributed by atoms with Gasteiger partial charge in [0.2, 0.25) is 0 Å². The predicted molar refractivity (Wildman–Crippen MR) is 95.1 cm³/mol. The summed E-state index contributed by atoms with van der Waals surface area (Å²) in [5.74, 6) is 0. The predicted octanol–water partition coefficient (Wildman–Crippen LogP) is 2.31.